The van der Waals surface area contributed by atoms with Crippen molar-refractivity contribution in [2.75, 3.05) is 6.61 Å². The number of ketones is 1. The summed E-state index contributed by atoms with van der Waals surface area (Å²) in [5, 5.41) is 0.475. The van der Waals surface area contributed by atoms with E-state index < -0.39 is 24.4 Å². The maximum absolute atomic E-state index is 12.4. The number of hydrogen-bond acceptors (Lipinski definition) is 7. The van der Waals surface area contributed by atoms with Crippen LogP contribution in [0.3, 0.4) is 0 Å². The monoisotopic (exact) mass is 406 g/mol. The smallest absolute Gasteiger partial charge is 0.370 e. The molecule has 2 aromatic carbocycles. The number of hydrogen-bond donors (Lipinski definition) is 0. The number of rotatable bonds is 5. The summed E-state index contributed by atoms with van der Waals surface area (Å²) in [6, 6.07) is 14.4. The largest absolute Gasteiger partial charge is 0.481 e. The van der Waals surface area contributed by atoms with E-state index in [0.717, 1.165) is 11.3 Å². The van der Waals surface area contributed by atoms with E-state index in [1.54, 1.807) is 24.3 Å². The average Bonchev–Trinajstić information content (AvgIpc) is 2.95. The van der Waals surface area contributed by atoms with Gasteiger partial charge in [0.05, 0.1) is 11.4 Å². The maximum Gasteiger partial charge on any atom is 0.370 e. The molecule has 2 aromatic rings. The van der Waals surface area contributed by atoms with Gasteiger partial charge in [-0.25, -0.2) is 4.79 Å². The molecule has 0 saturated carbocycles. The van der Waals surface area contributed by atoms with Crippen molar-refractivity contribution < 1.29 is 28.8 Å². The number of nitrogens with zero attached hydrogens (tertiary/aromatic N) is 2. The van der Waals surface area contributed by atoms with Crippen molar-refractivity contribution in [2.45, 2.75) is 25.7 Å². The first-order chi connectivity index (χ1) is 14.5. The average molecular weight is 406 g/mol. The third kappa shape index (κ3) is 4.12. The zero-order valence-electron chi connectivity index (χ0n) is 16.0. The van der Waals surface area contributed by atoms with E-state index in [1.807, 2.05) is 24.3 Å². The molecule has 0 bridgehead atoms. The van der Waals surface area contributed by atoms with E-state index in [2.05, 4.69) is 4.99 Å². The quantitative estimate of drug-likeness (QED) is 0.706. The number of imide groups is 1. The summed E-state index contributed by atoms with van der Waals surface area (Å²) in [5.74, 6) is -1.62. The predicted molar refractivity (Wildman–Crippen MR) is 105 cm³/mol. The van der Waals surface area contributed by atoms with Gasteiger partial charge in [0.1, 0.15) is 11.5 Å². The number of aliphatic imine (C=N–C) groups is 1. The van der Waals surface area contributed by atoms with Crippen LogP contribution >= 0.6 is 0 Å². The van der Waals surface area contributed by atoms with Crippen LogP contribution in [0.2, 0.25) is 0 Å². The molecule has 0 radical (unpaired) electrons. The summed E-state index contributed by atoms with van der Waals surface area (Å²) >= 11 is 0. The second-order valence-corrected chi connectivity index (χ2v) is 6.91. The van der Waals surface area contributed by atoms with E-state index in [1.165, 1.54) is 0 Å². The van der Waals surface area contributed by atoms with Gasteiger partial charge in [-0.3, -0.25) is 19.4 Å². The first-order valence-electron chi connectivity index (χ1n) is 9.47. The highest BCUT2D eigenvalue weighted by molar-refractivity contribution is 6.14. The minimum absolute atomic E-state index is 0.0190. The molecule has 30 heavy (non-hydrogen) atoms. The lowest BCUT2D eigenvalue weighted by atomic mass is 10.0. The normalized spacial score (nSPS) is 16.1. The van der Waals surface area contributed by atoms with E-state index in [4.69, 9.17) is 9.57 Å². The molecular formula is C22H18N2O6. The van der Waals surface area contributed by atoms with Crippen LogP contribution in [0.25, 0.3) is 0 Å². The molecule has 8 heteroatoms. The molecule has 2 heterocycles. The Morgan fingerprint density at radius 1 is 0.933 bits per heavy atom. The van der Waals surface area contributed by atoms with Crippen molar-refractivity contribution in [1.82, 2.24) is 5.06 Å². The van der Waals surface area contributed by atoms with Crippen molar-refractivity contribution in [3.8, 4) is 5.75 Å². The van der Waals surface area contributed by atoms with Gasteiger partial charge in [-0.15, -0.1) is 5.06 Å². The molecule has 1 fully saturated rings. The Labute approximate surface area is 172 Å². The summed E-state index contributed by atoms with van der Waals surface area (Å²) in [7, 11) is 0. The number of carbonyl (C=O) groups is 4. The number of para-hydroxylation sites is 2. The van der Waals surface area contributed by atoms with Gasteiger partial charge in [0.15, 0.2) is 6.61 Å². The van der Waals surface area contributed by atoms with Gasteiger partial charge >= 0.3 is 5.97 Å². The highest BCUT2D eigenvalue weighted by atomic mass is 16.7. The SMILES string of the molecule is O=C1CC(c2ccccc2OCC(=O)ON2C(=O)CCC2=O)=Nc2ccccc2C1. The van der Waals surface area contributed by atoms with Gasteiger partial charge in [-0.05, 0) is 23.8 Å². The zero-order chi connectivity index (χ0) is 21.1. The van der Waals surface area contributed by atoms with Gasteiger partial charge in [0.2, 0.25) is 0 Å². The molecule has 8 nitrogen and oxygen atoms in total. The van der Waals surface area contributed by atoms with Gasteiger partial charge in [0, 0.05) is 31.2 Å². The number of carbonyl (C=O) groups excluding carboxylic acids is 4. The minimum atomic E-state index is -0.877. The van der Waals surface area contributed by atoms with E-state index >= 15 is 0 Å². The lowest BCUT2D eigenvalue weighted by molar-refractivity contribution is -0.198. The molecule has 0 unspecified atom stereocenters. The van der Waals surface area contributed by atoms with Crippen LogP contribution in [0.5, 0.6) is 5.75 Å². The topological polar surface area (TPSA) is 102 Å². The zero-order valence-corrected chi connectivity index (χ0v) is 16.0. The Kier molecular flexibility index (Phi) is 5.38. The molecule has 0 atom stereocenters. The first kappa shape index (κ1) is 19.5. The van der Waals surface area contributed by atoms with E-state index in [9.17, 15) is 19.2 Å². The molecule has 2 aliphatic rings. The molecule has 0 N–H and O–H groups in total. The number of hydroxylamine groups is 2. The fraction of sp³-hybridized carbons (Fsp3) is 0.227. The number of ether oxygens (including phenoxy) is 1. The Balaban J connectivity index is 1.52. The number of fused-ring (bicyclic) bond motifs is 1. The van der Waals surface area contributed by atoms with Gasteiger partial charge in [-0.2, -0.15) is 0 Å². The van der Waals surface area contributed by atoms with E-state index in [-0.39, 0.29) is 25.0 Å². The number of benzene rings is 2. The summed E-state index contributed by atoms with van der Waals surface area (Å²) in [6.45, 7) is -0.508. The molecule has 152 valence electrons. The molecule has 2 amide bonds. The van der Waals surface area contributed by atoms with Gasteiger partial charge in [0.25, 0.3) is 11.8 Å². The first-order valence-corrected chi connectivity index (χ1v) is 9.47. The number of Topliss-reactive ketones (excluding diaryl/α,β-unsaturated/α-hetero) is 1. The van der Waals surface area contributed by atoms with Gasteiger partial charge < -0.3 is 9.57 Å². The molecule has 0 aliphatic carbocycles. The van der Waals surface area contributed by atoms with Crippen LogP contribution in [-0.2, 0) is 30.4 Å². The van der Waals surface area contributed by atoms with Crippen LogP contribution < -0.4 is 4.74 Å². The van der Waals surface area contributed by atoms with E-state index in [0.29, 0.717) is 28.5 Å². The Morgan fingerprint density at radius 2 is 1.63 bits per heavy atom. The third-order valence-electron chi connectivity index (χ3n) is 4.74. The van der Waals surface area contributed by atoms with Crippen LogP contribution in [0.4, 0.5) is 5.69 Å². The number of amides is 2. The molecular weight excluding hydrogens is 388 g/mol. The van der Waals surface area contributed by atoms with Crippen LogP contribution in [0.1, 0.15) is 30.4 Å². The summed E-state index contributed by atoms with van der Waals surface area (Å²) in [6.07, 6.45) is 0.475. The lowest BCUT2D eigenvalue weighted by Gasteiger charge is -2.14. The summed E-state index contributed by atoms with van der Waals surface area (Å²) in [5.41, 5.74) is 2.71. The molecule has 1 saturated heterocycles. The second kappa shape index (κ2) is 8.28. The Morgan fingerprint density at radius 3 is 2.43 bits per heavy atom. The standard InChI is InChI=1S/C22H18N2O6/c25-15-11-14-5-1-3-7-17(14)23-18(12-15)16-6-2-4-8-19(16)29-13-22(28)30-24-20(26)9-10-21(24)27/h1-8H,9-13H2. The predicted octanol–water partition coefficient (Wildman–Crippen LogP) is 2.31. The summed E-state index contributed by atoms with van der Waals surface area (Å²) in [4.78, 5) is 57.0. The maximum atomic E-state index is 12.4. The minimum Gasteiger partial charge on any atom is -0.481 e. The molecule has 2 aliphatic heterocycles. The third-order valence-corrected chi connectivity index (χ3v) is 4.74. The molecule has 4 rings (SSSR count). The van der Waals surface area contributed by atoms with Gasteiger partial charge in [-0.1, -0.05) is 30.3 Å². The fourth-order valence-electron chi connectivity index (χ4n) is 3.33. The highest BCUT2D eigenvalue weighted by Gasteiger charge is 2.33. The van der Waals surface area contributed by atoms with Crippen molar-refractivity contribution in [2.24, 2.45) is 4.99 Å². The Bertz CT molecular complexity index is 1060. The summed E-state index contributed by atoms with van der Waals surface area (Å²) < 4.78 is 5.58. The lowest BCUT2D eigenvalue weighted by Crippen LogP contribution is -2.34. The van der Waals surface area contributed by atoms with Crippen LogP contribution in [0, 0.1) is 0 Å². The van der Waals surface area contributed by atoms with Crippen LogP contribution in [0.15, 0.2) is 53.5 Å². The molecule has 0 spiro atoms. The van der Waals surface area contributed by atoms with Crippen molar-refractivity contribution in [1.29, 1.82) is 0 Å². The Hall–Kier alpha value is -3.81. The fourth-order valence-corrected chi connectivity index (χ4v) is 3.33. The second-order valence-electron chi connectivity index (χ2n) is 6.91. The van der Waals surface area contributed by atoms with Crippen molar-refractivity contribution >= 4 is 35.0 Å². The molecule has 0 aromatic heterocycles. The highest BCUT2D eigenvalue weighted by Crippen LogP contribution is 2.28. The van der Waals surface area contributed by atoms with Crippen LogP contribution in [-0.4, -0.2) is 40.9 Å². The van der Waals surface area contributed by atoms with Crippen molar-refractivity contribution in [3.63, 3.8) is 0 Å². The van der Waals surface area contributed by atoms with Crippen molar-refractivity contribution in [3.05, 3.63) is 59.7 Å².